The van der Waals surface area contributed by atoms with Crippen LogP contribution in [0.1, 0.15) is 11.7 Å². The van der Waals surface area contributed by atoms with E-state index in [1.165, 1.54) is 0 Å². The molecule has 0 saturated carbocycles. The molecule has 0 saturated heterocycles. The van der Waals surface area contributed by atoms with Gasteiger partial charge >= 0.3 is 0 Å². The van der Waals surface area contributed by atoms with Gasteiger partial charge < -0.3 is 5.11 Å². The predicted molar refractivity (Wildman–Crippen MR) is 72.4 cm³/mol. The number of tetrazole rings is 1. The van der Waals surface area contributed by atoms with Gasteiger partial charge in [-0.2, -0.15) is 4.80 Å². The van der Waals surface area contributed by atoms with Gasteiger partial charge in [-0.1, -0.05) is 0 Å². The highest BCUT2D eigenvalue weighted by atomic mass is 19.1. The SMILES string of the molecule is O[C@H](Cn1nnc(-c2cccnc2)n1)c1cc(F)ccc1F. The zero-order valence-corrected chi connectivity index (χ0v) is 11.3. The third kappa shape index (κ3) is 2.96. The zero-order valence-electron chi connectivity index (χ0n) is 11.3. The minimum Gasteiger partial charge on any atom is -0.386 e. The molecule has 3 aromatic rings. The molecule has 0 radical (unpaired) electrons. The van der Waals surface area contributed by atoms with Crippen LogP contribution in [0.5, 0.6) is 0 Å². The van der Waals surface area contributed by atoms with Crippen molar-refractivity contribution in [3.05, 3.63) is 59.9 Å². The Hall–Kier alpha value is -2.74. The second-order valence-corrected chi connectivity index (χ2v) is 4.59. The van der Waals surface area contributed by atoms with Crippen LogP contribution < -0.4 is 0 Å². The summed E-state index contributed by atoms with van der Waals surface area (Å²) in [7, 11) is 0. The van der Waals surface area contributed by atoms with E-state index in [0.29, 0.717) is 11.4 Å². The van der Waals surface area contributed by atoms with Crippen LogP contribution in [0.3, 0.4) is 0 Å². The summed E-state index contributed by atoms with van der Waals surface area (Å²) >= 11 is 0. The second kappa shape index (κ2) is 5.94. The Morgan fingerprint density at radius 3 is 2.86 bits per heavy atom. The minimum absolute atomic E-state index is 0.145. The van der Waals surface area contributed by atoms with E-state index in [1.54, 1.807) is 24.5 Å². The number of aliphatic hydroxyl groups excluding tert-OH is 1. The lowest BCUT2D eigenvalue weighted by atomic mass is 10.1. The molecular formula is C14H11F2N5O. The number of hydrogen-bond acceptors (Lipinski definition) is 5. The monoisotopic (exact) mass is 303 g/mol. The molecule has 0 unspecified atom stereocenters. The van der Waals surface area contributed by atoms with Crippen molar-refractivity contribution in [2.24, 2.45) is 0 Å². The summed E-state index contributed by atoms with van der Waals surface area (Å²) in [5, 5.41) is 21.7. The number of benzene rings is 1. The summed E-state index contributed by atoms with van der Waals surface area (Å²) in [6.45, 7) is -0.145. The number of pyridine rings is 1. The smallest absolute Gasteiger partial charge is 0.206 e. The number of nitrogens with zero attached hydrogens (tertiary/aromatic N) is 5. The molecule has 0 fully saturated rings. The summed E-state index contributed by atoms with van der Waals surface area (Å²) in [6, 6.07) is 6.38. The maximum atomic E-state index is 13.6. The Labute approximate surface area is 124 Å². The number of aliphatic hydroxyl groups is 1. The molecule has 0 bridgehead atoms. The summed E-state index contributed by atoms with van der Waals surface area (Å²) in [5.74, 6) is -0.987. The van der Waals surface area contributed by atoms with E-state index in [-0.39, 0.29) is 12.1 Å². The fraction of sp³-hybridized carbons (Fsp3) is 0.143. The standard InChI is InChI=1S/C14H11F2N5O/c15-10-3-4-12(16)11(6-10)13(22)8-21-19-14(18-20-21)9-2-1-5-17-7-9/h1-7,13,22H,8H2/t13-/m1/s1. The molecule has 0 aliphatic carbocycles. The molecule has 2 aromatic heterocycles. The summed E-state index contributed by atoms with van der Waals surface area (Å²) in [6.07, 6.45) is 1.90. The number of aromatic nitrogens is 5. The fourth-order valence-corrected chi connectivity index (χ4v) is 1.95. The van der Waals surface area contributed by atoms with Crippen molar-refractivity contribution in [1.29, 1.82) is 0 Å². The Balaban J connectivity index is 1.79. The van der Waals surface area contributed by atoms with Gasteiger partial charge in [0.15, 0.2) is 0 Å². The average molecular weight is 303 g/mol. The van der Waals surface area contributed by atoms with Crippen molar-refractivity contribution in [1.82, 2.24) is 25.2 Å². The highest BCUT2D eigenvalue weighted by Gasteiger charge is 2.16. The van der Waals surface area contributed by atoms with Gasteiger partial charge in [-0.3, -0.25) is 4.98 Å². The van der Waals surface area contributed by atoms with Crippen LogP contribution in [-0.2, 0) is 6.54 Å². The fourth-order valence-electron chi connectivity index (χ4n) is 1.95. The summed E-state index contributed by atoms with van der Waals surface area (Å²) in [5.41, 5.74) is 0.514. The molecule has 3 rings (SSSR count). The molecule has 1 N–H and O–H groups in total. The number of hydrogen-bond donors (Lipinski definition) is 1. The van der Waals surface area contributed by atoms with Crippen LogP contribution >= 0.6 is 0 Å². The second-order valence-electron chi connectivity index (χ2n) is 4.59. The molecule has 0 aliphatic heterocycles. The molecule has 0 spiro atoms. The van der Waals surface area contributed by atoms with Crippen LogP contribution in [0.2, 0.25) is 0 Å². The lowest BCUT2D eigenvalue weighted by Gasteiger charge is -2.10. The van der Waals surface area contributed by atoms with E-state index < -0.39 is 17.7 Å². The van der Waals surface area contributed by atoms with Crippen molar-refractivity contribution in [2.45, 2.75) is 12.6 Å². The van der Waals surface area contributed by atoms with E-state index in [9.17, 15) is 13.9 Å². The molecule has 22 heavy (non-hydrogen) atoms. The van der Waals surface area contributed by atoms with Crippen molar-refractivity contribution in [3.63, 3.8) is 0 Å². The van der Waals surface area contributed by atoms with E-state index >= 15 is 0 Å². The predicted octanol–water partition coefficient (Wildman–Crippen LogP) is 1.75. The van der Waals surface area contributed by atoms with Gasteiger partial charge in [0.05, 0.1) is 6.54 Å². The third-order valence-corrected chi connectivity index (χ3v) is 3.03. The molecule has 2 heterocycles. The molecule has 112 valence electrons. The molecule has 1 atom stereocenters. The molecule has 0 amide bonds. The van der Waals surface area contributed by atoms with Gasteiger partial charge in [-0.25, -0.2) is 8.78 Å². The molecule has 6 nitrogen and oxygen atoms in total. The van der Waals surface area contributed by atoms with Crippen molar-refractivity contribution < 1.29 is 13.9 Å². The highest BCUT2D eigenvalue weighted by molar-refractivity contribution is 5.51. The van der Waals surface area contributed by atoms with Crippen molar-refractivity contribution in [3.8, 4) is 11.4 Å². The average Bonchev–Trinajstić information content (AvgIpc) is 2.99. The topological polar surface area (TPSA) is 76.7 Å². The third-order valence-electron chi connectivity index (χ3n) is 3.03. The first kappa shape index (κ1) is 14.2. The van der Waals surface area contributed by atoms with Gasteiger partial charge in [-0.15, -0.1) is 10.2 Å². The highest BCUT2D eigenvalue weighted by Crippen LogP contribution is 2.20. The Kier molecular flexibility index (Phi) is 3.84. The maximum absolute atomic E-state index is 13.6. The Morgan fingerprint density at radius 1 is 1.23 bits per heavy atom. The zero-order chi connectivity index (χ0) is 15.5. The van der Waals surface area contributed by atoms with Crippen LogP contribution in [0.4, 0.5) is 8.78 Å². The molecular weight excluding hydrogens is 292 g/mol. The number of halogens is 2. The van der Waals surface area contributed by atoms with Gasteiger partial charge in [-0.05, 0) is 35.5 Å². The van der Waals surface area contributed by atoms with E-state index in [1.807, 2.05) is 0 Å². The lowest BCUT2D eigenvalue weighted by molar-refractivity contribution is 0.140. The maximum Gasteiger partial charge on any atom is 0.206 e. The van der Waals surface area contributed by atoms with Crippen LogP contribution in [0, 0.1) is 11.6 Å². The van der Waals surface area contributed by atoms with E-state index in [4.69, 9.17) is 0 Å². The normalized spacial score (nSPS) is 12.3. The van der Waals surface area contributed by atoms with Gasteiger partial charge in [0.1, 0.15) is 17.7 Å². The van der Waals surface area contributed by atoms with Gasteiger partial charge in [0, 0.05) is 23.5 Å². The Morgan fingerprint density at radius 2 is 2.09 bits per heavy atom. The van der Waals surface area contributed by atoms with Crippen LogP contribution in [-0.4, -0.2) is 30.3 Å². The first-order valence-electron chi connectivity index (χ1n) is 6.44. The molecule has 8 heteroatoms. The number of rotatable bonds is 4. The van der Waals surface area contributed by atoms with Crippen molar-refractivity contribution >= 4 is 0 Å². The largest absolute Gasteiger partial charge is 0.386 e. The first-order valence-corrected chi connectivity index (χ1v) is 6.44. The van der Waals surface area contributed by atoms with E-state index in [0.717, 1.165) is 23.0 Å². The Bertz CT molecular complexity index is 778. The first-order chi connectivity index (χ1) is 10.6. The molecule has 1 aromatic carbocycles. The molecule has 0 aliphatic rings. The van der Waals surface area contributed by atoms with Crippen LogP contribution in [0.15, 0.2) is 42.7 Å². The summed E-state index contributed by atoms with van der Waals surface area (Å²) < 4.78 is 26.7. The summed E-state index contributed by atoms with van der Waals surface area (Å²) in [4.78, 5) is 5.06. The lowest BCUT2D eigenvalue weighted by Crippen LogP contribution is -2.13. The quantitative estimate of drug-likeness (QED) is 0.794. The van der Waals surface area contributed by atoms with E-state index in [2.05, 4.69) is 20.4 Å². The minimum atomic E-state index is -1.29. The van der Waals surface area contributed by atoms with Gasteiger partial charge in [0.2, 0.25) is 5.82 Å². The van der Waals surface area contributed by atoms with Gasteiger partial charge in [0.25, 0.3) is 0 Å². The van der Waals surface area contributed by atoms with Crippen molar-refractivity contribution in [2.75, 3.05) is 0 Å². The van der Waals surface area contributed by atoms with Crippen LogP contribution in [0.25, 0.3) is 11.4 Å².